The van der Waals surface area contributed by atoms with Crippen LogP contribution in [0.2, 0.25) is 0 Å². The fourth-order valence-corrected chi connectivity index (χ4v) is 13.0. The van der Waals surface area contributed by atoms with E-state index >= 15 is 0 Å². The monoisotopic (exact) mass is 1250 g/mol. The number of carbonyl (C=O) groups is 3. The first-order valence-corrected chi connectivity index (χ1v) is 31.1. The molecule has 0 aliphatic carbocycles. The molecular weight excluding hydrogens is 1180 g/mol. The minimum Gasteiger partial charge on any atom is -0.492 e. The van der Waals surface area contributed by atoms with Crippen molar-refractivity contribution < 1.29 is 50.6 Å². The Balaban J connectivity index is 0.000000135. The number of rotatable bonds is 7. The molecule has 0 atom stereocenters. The molecule has 8 heterocycles. The van der Waals surface area contributed by atoms with Crippen molar-refractivity contribution in [2.45, 2.75) is 67.9 Å². The number of piperidine rings is 3. The lowest BCUT2D eigenvalue weighted by atomic mass is 9.74. The Bertz CT molecular complexity index is 4290. The third kappa shape index (κ3) is 13.4. The van der Waals surface area contributed by atoms with Gasteiger partial charge < -0.3 is 54.9 Å². The number of nitrogens with two attached hydrogens (primary N) is 3. The lowest BCUT2D eigenvalue weighted by molar-refractivity contribution is -0.127. The Labute approximate surface area is 538 Å². The molecule has 6 aliphatic rings. The van der Waals surface area contributed by atoms with Gasteiger partial charge in [-0.15, -0.1) is 0 Å². The van der Waals surface area contributed by atoms with Gasteiger partial charge in [0, 0.05) is 132 Å². The first-order valence-electron chi connectivity index (χ1n) is 31.1. The number of hydrogen-bond acceptors (Lipinski definition) is 11. The summed E-state index contributed by atoms with van der Waals surface area (Å²) in [4.78, 5) is 48.0. The van der Waals surface area contributed by atoms with Gasteiger partial charge in [0.2, 0.25) is 5.91 Å². The van der Waals surface area contributed by atoms with Crippen LogP contribution in [0, 0.1) is 41.1 Å². The Hall–Kier alpha value is -10.3. The fourth-order valence-electron chi connectivity index (χ4n) is 13.0. The first kappa shape index (κ1) is 62.9. The number of hydrogen-bond donors (Lipinski definition) is 3. The zero-order valence-electron chi connectivity index (χ0n) is 51.5. The van der Waals surface area contributed by atoms with E-state index in [4.69, 9.17) is 40.2 Å². The van der Waals surface area contributed by atoms with Crippen LogP contribution < -0.4 is 31.4 Å². The van der Waals surface area contributed by atoms with E-state index in [2.05, 4.69) is 40.8 Å². The molecule has 3 fully saturated rings. The number of ether oxygens (including phenoxy) is 3. The maximum Gasteiger partial charge on any atom is 0.289 e. The summed E-state index contributed by atoms with van der Waals surface area (Å²) in [5, 5.41) is 0. The summed E-state index contributed by atoms with van der Waals surface area (Å²) >= 11 is 0. The van der Waals surface area contributed by atoms with Gasteiger partial charge in [0.1, 0.15) is 28.9 Å². The third-order valence-corrected chi connectivity index (χ3v) is 18.7. The number of halogens is 3. The summed E-state index contributed by atoms with van der Waals surface area (Å²) in [6.07, 6.45) is 7.34. The third-order valence-electron chi connectivity index (χ3n) is 18.7. The standard InChI is InChI=1S/C27H25N3O3.C26H23FN2O3.C22H22F2N2O2/c1-29-25(28)20-8-11-23-22(17-20)27(18-32-23)13-15-30(16-14-27)26(31)24-12-10-21(33-24)9-7-19-5-3-2-4-6-19;27-22-15-24-21(14-19(22)16-28)26(17-31-24)10-12-29(13-11-26)25(30)23-9-8-20(32-23)7-6-18-4-2-1-3-5-18;23-18-3-1-2-16(21(18)24)5-7-20(27)26-10-8-22(9-11-26)14-28-19-6-4-15(13-25)12-17(19)22/h2-6,8,10-12,17H,13-16,18H2,1H3,(H2,28,29);1-5,8-9,14-15H,10-13,16-17,28H2;1-7,12H,8-11,13-14,25H2/b;;7-5+. The minimum atomic E-state index is -0.945. The predicted octanol–water partition coefficient (Wildman–Crippen LogP) is 10.8. The van der Waals surface area contributed by atoms with E-state index in [9.17, 15) is 27.6 Å². The van der Waals surface area contributed by atoms with Gasteiger partial charge in [0.15, 0.2) is 34.7 Å². The van der Waals surface area contributed by atoms with Gasteiger partial charge in [-0.1, -0.05) is 72.5 Å². The largest absolute Gasteiger partial charge is 0.492 e. The maximum atomic E-state index is 14.1. The second-order valence-corrected chi connectivity index (χ2v) is 24.2. The Morgan fingerprint density at radius 2 is 1.02 bits per heavy atom. The maximum absolute atomic E-state index is 14.1. The number of benzene rings is 6. The molecule has 18 heteroatoms. The van der Waals surface area contributed by atoms with Crippen LogP contribution in [0.4, 0.5) is 13.2 Å². The molecule has 0 radical (unpaired) electrons. The van der Waals surface area contributed by atoms with Crippen LogP contribution in [0.25, 0.3) is 6.08 Å². The fraction of sp³-hybridized carbons (Fsp3) is 0.280. The molecule has 474 valence electrons. The van der Waals surface area contributed by atoms with Crippen LogP contribution in [0.15, 0.2) is 172 Å². The summed E-state index contributed by atoms with van der Waals surface area (Å²) < 4.78 is 70.2. The highest BCUT2D eigenvalue weighted by Gasteiger charge is 2.47. The number of nitrogens with zero attached hydrogens (tertiary/aromatic N) is 4. The highest BCUT2D eigenvalue weighted by molar-refractivity contribution is 5.98. The van der Waals surface area contributed by atoms with Crippen molar-refractivity contribution >= 4 is 29.6 Å². The molecule has 3 amide bonds. The topological polar surface area (TPSA) is 205 Å². The van der Waals surface area contributed by atoms with Gasteiger partial charge in [-0.05, 0) is 147 Å². The molecule has 0 unspecified atom stereocenters. The first-order chi connectivity index (χ1) is 45.2. The Kier molecular flexibility index (Phi) is 18.5. The van der Waals surface area contributed by atoms with E-state index in [1.54, 1.807) is 41.1 Å². The van der Waals surface area contributed by atoms with Gasteiger partial charge in [-0.3, -0.25) is 19.4 Å². The van der Waals surface area contributed by atoms with Crippen molar-refractivity contribution in [3.8, 4) is 40.9 Å². The molecule has 6 aromatic carbocycles. The molecule has 6 aliphatic heterocycles. The molecule has 2 aromatic heterocycles. The minimum absolute atomic E-state index is 0.0641. The molecule has 0 bridgehead atoms. The van der Waals surface area contributed by atoms with Crippen LogP contribution in [-0.2, 0) is 34.1 Å². The average molecular weight is 1250 g/mol. The van der Waals surface area contributed by atoms with Crippen molar-refractivity contribution in [2.24, 2.45) is 22.2 Å². The van der Waals surface area contributed by atoms with Crippen molar-refractivity contribution in [3.05, 3.63) is 248 Å². The van der Waals surface area contributed by atoms with Gasteiger partial charge in [0.25, 0.3) is 11.8 Å². The van der Waals surface area contributed by atoms with Gasteiger partial charge in [-0.2, -0.15) is 0 Å². The van der Waals surface area contributed by atoms with Crippen LogP contribution in [-0.4, -0.2) is 104 Å². The molecule has 3 spiro atoms. The van der Waals surface area contributed by atoms with Crippen molar-refractivity contribution in [2.75, 3.05) is 66.1 Å². The zero-order valence-corrected chi connectivity index (χ0v) is 51.5. The quantitative estimate of drug-likeness (QED) is 0.0592. The van der Waals surface area contributed by atoms with Crippen molar-refractivity contribution in [3.63, 3.8) is 0 Å². The number of likely N-dealkylation sites (tertiary alicyclic amines) is 3. The van der Waals surface area contributed by atoms with Crippen LogP contribution in [0.5, 0.6) is 17.2 Å². The molecule has 15 nitrogen and oxygen atoms in total. The molecular formula is C75H70F3N7O8. The van der Waals surface area contributed by atoms with Crippen molar-refractivity contribution in [1.29, 1.82) is 0 Å². The SMILES string of the molecule is CN=C(N)c1ccc2c(c1)C1(CCN(C(=O)c3ccc(C#Cc4ccccc4)o3)CC1)CO2.NCc1cc2c(cc1F)OCC21CCN(C(=O)c2ccc(C#Cc3ccccc3)o2)CC1.NCc1ccc2c(c1)C1(CCN(C(=O)/C=C/c3cccc(F)c3F)CC1)CO2. The lowest BCUT2D eigenvalue weighted by Crippen LogP contribution is -2.46. The predicted molar refractivity (Wildman–Crippen MR) is 347 cm³/mol. The number of amides is 3. The number of fused-ring (bicyclic) bond motifs is 6. The number of aliphatic imine (C=N–C) groups is 1. The Morgan fingerprint density at radius 1 is 0.527 bits per heavy atom. The normalized spacial score (nSPS) is 16.8. The van der Waals surface area contributed by atoms with E-state index in [1.165, 1.54) is 35.9 Å². The summed E-state index contributed by atoms with van der Waals surface area (Å²) in [6.45, 7) is 5.95. The smallest absolute Gasteiger partial charge is 0.289 e. The molecule has 14 rings (SSSR count). The number of amidine groups is 1. The van der Waals surface area contributed by atoms with Gasteiger partial charge in [0.05, 0.1) is 19.8 Å². The average Bonchev–Trinajstić information content (AvgIpc) is 1.66. The second-order valence-electron chi connectivity index (χ2n) is 24.2. The lowest BCUT2D eigenvalue weighted by Gasteiger charge is -2.38. The van der Waals surface area contributed by atoms with E-state index in [0.717, 1.165) is 89.5 Å². The molecule has 8 aromatic rings. The summed E-state index contributed by atoms with van der Waals surface area (Å²) in [5.41, 5.74) is 24.7. The van der Waals surface area contributed by atoms with E-state index in [0.29, 0.717) is 100 Å². The van der Waals surface area contributed by atoms with Gasteiger partial charge >= 0.3 is 0 Å². The summed E-state index contributed by atoms with van der Waals surface area (Å²) in [5.74, 6) is 13.8. The van der Waals surface area contributed by atoms with E-state index < -0.39 is 11.6 Å². The molecule has 0 saturated carbocycles. The highest BCUT2D eigenvalue weighted by Crippen LogP contribution is 2.49. The molecule has 6 N–H and O–H groups in total. The summed E-state index contributed by atoms with van der Waals surface area (Å²) in [6, 6.07) is 45.4. The van der Waals surface area contributed by atoms with E-state index in [1.807, 2.05) is 95.9 Å². The second kappa shape index (κ2) is 27.3. The van der Waals surface area contributed by atoms with Crippen LogP contribution >= 0.6 is 0 Å². The summed E-state index contributed by atoms with van der Waals surface area (Å²) in [7, 11) is 1.69. The van der Waals surface area contributed by atoms with Gasteiger partial charge in [-0.25, -0.2) is 13.2 Å². The van der Waals surface area contributed by atoms with Crippen molar-refractivity contribution in [1.82, 2.24) is 14.7 Å². The highest BCUT2D eigenvalue weighted by atomic mass is 19.2. The Morgan fingerprint density at radius 3 is 1.54 bits per heavy atom. The van der Waals surface area contributed by atoms with Crippen LogP contribution in [0.3, 0.4) is 0 Å². The zero-order chi connectivity index (χ0) is 64.7. The number of carbonyl (C=O) groups excluding carboxylic acids is 3. The van der Waals surface area contributed by atoms with E-state index in [-0.39, 0.29) is 57.7 Å². The molecule has 3 saturated heterocycles. The molecule has 93 heavy (non-hydrogen) atoms. The number of furan rings is 2. The van der Waals surface area contributed by atoms with Crippen LogP contribution in [0.1, 0.15) is 121 Å².